The van der Waals surface area contributed by atoms with Crippen molar-refractivity contribution in [2.75, 3.05) is 6.61 Å². The third kappa shape index (κ3) is 1.90. The minimum absolute atomic E-state index is 0.255. The summed E-state index contributed by atoms with van der Waals surface area (Å²) in [5.74, 6) is 0. The van der Waals surface area contributed by atoms with Gasteiger partial charge in [-0.2, -0.15) is 0 Å². The number of hydrogen-bond donors (Lipinski definition) is 0. The Labute approximate surface area is 61.4 Å². The van der Waals surface area contributed by atoms with E-state index in [1.54, 1.807) is 0 Å². The molecule has 1 saturated heterocycles. The van der Waals surface area contributed by atoms with E-state index in [4.69, 9.17) is 4.74 Å². The zero-order chi connectivity index (χ0) is 6.04. The van der Waals surface area contributed by atoms with Gasteiger partial charge in [-0.1, -0.05) is 0 Å². The van der Waals surface area contributed by atoms with E-state index in [2.05, 4.69) is 16.0 Å². The van der Waals surface area contributed by atoms with Crippen LogP contribution in [0.2, 0.25) is 0 Å². The summed E-state index contributed by atoms with van der Waals surface area (Å²) in [6.07, 6.45) is 3.89. The summed E-state index contributed by atoms with van der Waals surface area (Å²) in [5.41, 5.74) is 0. The van der Waals surface area contributed by atoms with Gasteiger partial charge in [0, 0.05) is 0 Å². The fourth-order valence-electron chi connectivity index (χ4n) is 0.919. The molecule has 0 N–H and O–H groups in total. The minimum atomic E-state index is 0.255. The molecule has 0 spiro atoms. The topological polar surface area (TPSA) is 9.23 Å². The van der Waals surface area contributed by atoms with Crippen molar-refractivity contribution < 1.29 is 4.74 Å². The van der Waals surface area contributed by atoms with Gasteiger partial charge in [-0.15, -0.1) is 0 Å². The molecule has 0 bridgehead atoms. The molecule has 0 radical (unpaired) electrons. The van der Waals surface area contributed by atoms with Crippen molar-refractivity contribution in [2.24, 2.45) is 0 Å². The molecule has 0 aromatic carbocycles. The summed E-state index contributed by atoms with van der Waals surface area (Å²) in [4.78, 5) is 0. The van der Waals surface area contributed by atoms with E-state index in [-0.39, 0.29) is 4.12 Å². The molecule has 1 fully saturated rings. The van der Waals surface area contributed by atoms with E-state index in [1.807, 2.05) is 0 Å². The van der Waals surface area contributed by atoms with E-state index in [0.717, 1.165) is 16.8 Å². The molecule has 0 aliphatic carbocycles. The van der Waals surface area contributed by atoms with Gasteiger partial charge in [-0.05, 0) is 0 Å². The van der Waals surface area contributed by atoms with Gasteiger partial charge in [0.15, 0.2) is 0 Å². The molecule has 0 aromatic heterocycles. The normalized spacial score (nSPS) is 40.1. The zero-order valence-electron chi connectivity index (χ0n) is 5.18. The number of rotatable bonds is 0. The summed E-state index contributed by atoms with van der Waals surface area (Å²) in [5, 5.41) is 0. The molecule has 1 unspecified atom stereocenters. The van der Waals surface area contributed by atoms with Crippen LogP contribution in [0.25, 0.3) is 0 Å². The van der Waals surface area contributed by atoms with E-state index < -0.39 is 0 Å². The first-order valence-corrected chi connectivity index (χ1v) is 5.01. The van der Waals surface area contributed by atoms with Gasteiger partial charge in [0.05, 0.1) is 0 Å². The maximum atomic E-state index is 5.50. The van der Waals surface area contributed by atoms with Crippen LogP contribution in [0.3, 0.4) is 0 Å². The Morgan fingerprint density at radius 2 is 2.25 bits per heavy atom. The van der Waals surface area contributed by atoms with Gasteiger partial charge in [0.25, 0.3) is 0 Å². The molecule has 1 atom stereocenters. The third-order valence-corrected chi connectivity index (χ3v) is 2.98. The molecular formula is C5H12OSeSi. The van der Waals surface area contributed by atoms with Crippen LogP contribution in [0, 0.1) is 0 Å². The number of ether oxygens (including phenoxy) is 1. The second-order valence-corrected chi connectivity index (χ2v) is 7.90. The van der Waals surface area contributed by atoms with Crippen LogP contribution >= 0.6 is 0 Å². The third-order valence-electron chi connectivity index (χ3n) is 1.45. The van der Waals surface area contributed by atoms with Gasteiger partial charge in [0.1, 0.15) is 0 Å². The summed E-state index contributed by atoms with van der Waals surface area (Å²) in [7, 11) is 1.16. The average Bonchev–Trinajstić information content (AvgIpc) is 1.65. The van der Waals surface area contributed by atoms with Crippen molar-refractivity contribution in [1.29, 1.82) is 0 Å². The first kappa shape index (κ1) is 6.81. The van der Waals surface area contributed by atoms with Crippen LogP contribution in [0.15, 0.2) is 0 Å². The molecule has 1 rings (SSSR count). The summed E-state index contributed by atoms with van der Waals surface area (Å²) in [6, 6.07) is 0. The van der Waals surface area contributed by atoms with E-state index in [0.29, 0.717) is 0 Å². The predicted molar refractivity (Wildman–Crippen MR) is 39.6 cm³/mol. The molecule has 1 aliphatic rings. The molecule has 8 heavy (non-hydrogen) atoms. The van der Waals surface area contributed by atoms with Crippen LogP contribution in [0.1, 0.15) is 19.3 Å². The molecule has 0 amide bonds. The zero-order valence-corrected chi connectivity index (χ0v) is 9.06. The average molecular weight is 195 g/mol. The standard InChI is InChI=1S/C5H12OSeSi/c7-5(8)3-1-2-4-6-5/h7H,1-4H2,8H3. The van der Waals surface area contributed by atoms with Crippen molar-refractivity contribution in [1.82, 2.24) is 0 Å². The fourth-order valence-corrected chi connectivity index (χ4v) is 2.00. The Morgan fingerprint density at radius 3 is 2.50 bits per heavy atom. The summed E-state index contributed by atoms with van der Waals surface area (Å²) in [6.45, 7) is 0.984. The SMILES string of the molecule is [SiH3]C1([SeH])CCCCO1. The maximum absolute atomic E-state index is 5.50. The first-order valence-electron chi connectivity index (χ1n) is 3.07. The molecule has 1 heterocycles. The first-order chi connectivity index (χ1) is 3.71. The van der Waals surface area contributed by atoms with Gasteiger partial charge >= 0.3 is 61.0 Å². The van der Waals surface area contributed by atoms with Gasteiger partial charge in [-0.3, -0.25) is 0 Å². The molecule has 3 heteroatoms. The van der Waals surface area contributed by atoms with Gasteiger partial charge < -0.3 is 0 Å². The molecule has 0 aromatic rings. The van der Waals surface area contributed by atoms with Crippen LogP contribution in [0.5, 0.6) is 0 Å². The Morgan fingerprint density at radius 1 is 1.50 bits per heavy atom. The molecule has 1 aliphatic heterocycles. The Balaban J connectivity index is 2.33. The van der Waals surface area contributed by atoms with Crippen molar-refractivity contribution in [3.8, 4) is 0 Å². The quantitative estimate of drug-likeness (QED) is 0.455. The van der Waals surface area contributed by atoms with Crippen molar-refractivity contribution in [3.05, 3.63) is 0 Å². The Bertz CT molecular complexity index is 76.5. The second-order valence-electron chi connectivity index (χ2n) is 2.48. The Kier molecular flexibility index (Phi) is 2.15. The van der Waals surface area contributed by atoms with Crippen molar-refractivity contribution in [2.45, 2.75) is 23.4 Å². The predicted octanol–water partition coefficient (Wildman–Crippen LogP) is -0.893. The van der Waals surface area contributed by atoms with Crippen LogP contribution < -0.4 is 0 Å². The van der Waals surface area contributed by atoms with E-state index >= 15 is 0 Å². The van der Waals surface area contributed by atoms with Gasteiger partial charge in [-0.25, -0.2) is 0 Å². The van der Waals surface area contributed by atoms with Crippen LogP contribution in [-0.4, -0.2) is 37.0 Å². The number of hydrogen-bond acceptors (Lipinski definition) is 1. The fraction of sp³-hybridized carbons (Fsp3) is 1.00. The Hall–Kier alpha value is 0.696. The monoisotopic (exact) mass is 196 g/mol. The van der Waals surface area contributed by atoms with Crippen molar-refractivity contribution >= 4 is 26.3 Å². The molecule has 1 nitrogen and oxygen atoms in total. The summed E-state index contributed by atoms with van der Waals surface area (Å²) < 4.78 is 5.75. The van der Waals surface area contributed by atoms with E-state index in [1.165, 1.54) is 19.3 Å². The van der Waals surface area contributed by atoms with Crippen LogP contribution in [-0.2, 0) is 4.74 Å². The summed E-state index contributed by atoms with van der Waals surface area (Å²) >= 11 is 2.66. The molecule has 0 saturated carbocycles. The van der Waals surface area contributed by atoms with Gasteiger partial charge in [0.2, 0.25) is 0 Å². The molecule has 48 valence electrons. The second kappa shape index (κ2) is 2.52. The van der Waals surface area contributed by atoms with E-state index in [9.17, 15) is 0 Å². The molecular weight excluding hydrogens is 183 g/mol. The van der Waals surface area contributed by atoms with Crippen molar-refractivity contribution in [3.63, 3.8) is 0 Å². The van der Waals surface area contributed by atoms with Crippen LogP contribution in [0.4, 0.5) is 0 Å².